The fourth-order valence-electron chi connectivity index (χ4n) is 2.86. The van der Waals surface area contributed by atoms with Crippen molar-refractivity contribution in [1.29, 1.82) is 0 Å². The van der Waals surface area contributed by atoms with E-state index < -0.39 is 0 Å². The van der Waals surface area contributed by atoms with Gasteiger partial charge in [0.2, 0.25) is 11.8 Å². The lowest BCUT2D eigenvalue weighted by Gasteiger charge is -2.24. The summed E-state index contributed by atoms with van der Waals surface area (Å²) >= 11 is 11.9. The van der Waals surface area contributed by atoms with Crippen molar-refractivity contribution < 1.29 is 9.15 Å². The molecule has 3 aromatic rings. The molecule has 1 heterocycles. The van der Waals surface area contributed by atoms with E-state index in [1.807, 2.05) is 42.5 Å². The molecule has 1 fully saturated rings. The van der Waals surface area contributed by atoms with Gasteiger partial charge in [0.25, 0.3) is 0 Å². The predicted molar refractivity (Wildman–Crippen MR) is 113 cm³/mol. The second-order valence-corrected chi connectivity index (χ2v) is 7.30. The number of nitrogens with zero attached hydrogens (tertiary/aromatic N) is 3. The van der Waals surface area contributed by atoms with E-state index in [0.29, 0.717) is 34.5 Å². The smallest absolute Gasteiger partial charge is 0.249 e. The molecule has 0 atom stereocenters. The average Bonchev–Trinajstić information content (AvgIpc) is 3.44. The number of hydrogen-bond acceptors (Lipinski definition) is 5. The minimum absolute atomic E-state index is 0.376. The third-order valence-electron chi connectivity index (χ3n) is 4.45. The van der Waals surface area contributed by atoms with Crippen LogP contribution in [0.25, 0.3) is 11.5 Å². The number of ether oxygens (including phenoxy) is 1. The van der Waals surface area contributed by atoms with Crippen LogP contribution in [0, 0.1) is 0 Å². The standard InChI is InChI=1S/C20H19ClN4O2S/c1-26-15-6-4-5-13(11-15)22-20(28)25(14-9-10-14)12-18-23-24-19(27-18)16-7-2-3-8-17(16)21/h2-8,11,14H,9-10,12H2,1H3,(H,22,28). The van der Waals surface area contributed by atoms with Crippen LogP contribution < -0.4 is 10.1 Å². The van der Waals surface area contributed by atoms with Gasteiger partial charge in [-0.3, -0.25) is 0 Å². The molecular formula is C20H19ClN4O2S. The first-order valence-electron chi connectivity index (χ1n) is 8.93. The van der Waals surface area contributed by atoms with Gasteiger partial charge in [0.1, 0.15) is 5.75 Å². The number of aromatic nitrogens is 2. The minimum Gasteiger partial charge on any atom is -0.497 e. The van der Waals surface area contributed by atoms with Gasteiger partial charge in [0.05, 0.1) is 24.2 Å². The summed E-state index contributed by atoms with van der Waals surface area (Å²) in [5.74, 6) is 1.67. The van der Waals surface area contributed by atoms with Gasteiger partial charge in [-0.05, 0) is 49.3 Å². The number of rotatable bonds is 6. The molecule has 0 bridgehead atoms. The van der Waals surface area contributed by atoms with Crippen LogP contribution in [0.4, 0.5) is 5.69 Å². The zero-order valence-electron chi connectivity index (χ0n) is 15.3. The third-order valence-corrected chi connectivity index (χ3v) is 5.11. The van der Waals surface area contributed by atoms with E-state index in [2.05, 4.69) is 20.4 Å². The molecule has 0 aliphatic heterocycles. The fraction of sp³-hybridized carbons (Fsp3) is 0.250. The number of methoxy groups -OCH3 is 1. The van der Waals surface area contributed by atoms with Crippen LogP contribution >= 0.6 is 23.8 Å². The minimum atomic E-state index is 0.376. The highest BCUT2D eigenvalue weighted by molar-refractivity contribution is 7.80. The van der Waals surface area contributed by atoms with E-state index in [0.717, 1.165) is 29.8 Å². The lowest BCUT2D eigenvalue weighted by Crippen LogP contribution is -2.36. The summed E-state index contributed by atoms with van der Waals surface area (Å²) in [7, 11) is 1.64. The Morgan fingerprint density at radius 2 is 2.07 bits per heavy atom. The van der Waals surface area contributed by atoms with E-state index in [1.54, 1.807) is 13.2 Å². The van der Waals surface area contributed by atoms with Crippen molar-refractivity contribution in [3.8, 4) is 17.2 Å². The molecule has 6 nitrogen and oxygen atoms in total. The van der Waals surface area contributed by atoms with Gasteiger partial charge >= 0.3 is 0 Å². The van der Waals surface area contributed by atoms with Gasteiger partial charge in [-0.2, -0.15) is 0 Å². The maximum absolute atomic E-state index is 6.22. The second kappa shape index (κ2) is 8.16. The number of anilines is 1. The first-order valence-corrected chi connectivity index (χ1v) is 9.71. The van der Waals surface area contributed by atoms with Crippen LogP contribution in [-0.2, 0) is 6.54 Å². The molecule has 1 aromatic heterocycles. The Labute approximate surface area is 173 Å². The predicted octanol–water partition coefficient (Wildman–Crippen LogP) is 4.76. The number of halogens is 1. The second-order valence-electron chi connectivity index (χ2n) is 6.50. The Morgan fingerprint density at radius 3 is 2.82 bits per heavy atom. The number of nitrogens with one attached hydrogen (secondary N) is 1. The maximum Gasteiger partial charge on any atom is 0.249 e. The van der Waals surface area contributed by atoms with Crippen LogP contribution in [0.1, 0.15) is 18.7 Å². The van der Waals surface area contributed by atoms with Crippen molar-refractivity contribution in [2.24, 2.45) is 0 Å². The van der Waals surface area contributed by atoms with Gasteiger partial charge in [-0.15, -0.1) is 10.2 Å². The molecule has 0 spiro atoms. The van der Waals surface area contributed by atoms with Crippen molar-refractivity contribution in [2.75, 3.05) is 12.4 Å². The van der Waals surface area contributed by atoms with Crippen molar-refractivity contribution in [3.63, 3.8) is 0 Å². The zero-order valence-corrected chi connectivity index (χ0v) is 16.8. The van der Waals surface area contributed by atoms with Gasteiger partial charge < -0.3 is 19.4 Å². The summed E-state index contributed by atoms with van der Waals surface area (Å²) in [6.07, 6.45) is 2.18. The summed E-state index contributed by atoms with van der Waals surface area (Å²) in [6, 6.07) is 15.4. The van der Waals surface area contributed by atoms with Crippen LogP contribution in [0.5, 0.6) is 5.75 Å². The Kier molecular flexibility index (Phi) is 5.45. The summed E-state index contributed by atoms with van der Waals surface area (Å²) in [5, 5.41) is 12.8. The first-order chi connectivity index (χ1) is 13.6. The molecular weight excluding hydrogens is 396 g/mol. The molecule has 0 radical (unpaired) electrons. The van der Waals surface area contributed by atoms with Crippen LogP contribution in [0.3, 0.4) is 0 Å². The largest absolute Gasteiger partial charge is 0.497 e. The van der Waals surface area contributed by atoms with E-state index in [4.69, 9.17) is 33.0 Å². The average molecular weight is 415 g/mol. The quantitative estimate of drug-likeness (QED) is 0.583. The highest BCUT2D eigenvalue weighted by atomic mass is 35.5. The molecule has 8 heteroatoms. The van der Waals surface area contributed by atoms with Gasteiger partial charge in [-0.1, -0.05) is 29.8 Å². The topological polar surface area (TPSA) is 63.4 Å². The normalized spacial score (nSPS) is 13.2. The lowest BCUT2D eigenvalue weighted by atomic mass is 10.2. The number of thiocarbonyl (C=S) groups is 1. The molecule has 1 aliphatic carbocycles. The van der Waals surface area contributed by atoms with Crippen molar-refractivity contribution in [2.45, 2.75) is 25.4 Å². The van der Waals surface area contributed by atoms with Gasteiger partial charge in [0.15, 0.2) is 5.11 Å². The Hall–Kier alpha value is -2.64. The lowest BCUT2D eigenvalue weighted by molar-refractivity contribution is 0.351. The number of hydrogen-bond donors (Lipinski definition) is 1. The molecule has 28 heavy (non-hydrogen) atoms. The van der Waals surface area contributed by atoms with Gasteiger partial charge in [0, 0.05) is 17.8 Å². The van der Waals surface area contributed by atoms with Crippen LogP contribution in [0.2, 0.25) is 5.02 Å². The highest BCUT2D eigenvalue weighted by Crippen LogP contribution is 2.31. The van der Waals surface area contributed by atoms with Crippen molar-refractivity contribution >= 4 is 34.6 Å². The van der Waals surface area contributed by atoms with E-state index in [-0.39, 0.29) is 0 Å². The van der Waals surface area contributed by atoms with Crippen LogP contribution in [-0.4, -0.2) is 33.4 Å². The molecule has 1 saturated carbocycles. The van der Waals surface area contributed by atoms with E-state index >= 15 is 0 Å². The molecule has 1 aliphatic rings. The molecule has 144 valence electrons. The Bertz CT molecular complexity index is 990. The van der Waals surface area contributed by atoms with E-state index in [1.165, 1.54) is 0 Å². The molecule has 0 unspecified atom stereocenters. The molecule has 0 saturated heterocycles. The zero-order chi connectivity index (χ0) is 19.5. The first kappa shape index (κ1) is 18.7. The van der Waals surface area contributed by atoms with Crippen molar-refractivity contribution in [1.82, 2.24) is 15.1 Å². The Morgan fingerprint density at radius 1 is 1.25 bits per heavy atom. The Balaban J connectivity index is 1.48. The monoisotopic (exact) mass is 414 g/mol. The molecule has 0 amide bonds. The SMILES string of the molecule is COc1cccc(NC(=S)N(Cc2nnc(-c3ccccc3Cl)o2)C2CC2)c1. The highest BCUT2D eigenvalue weighted by Gasteiger charge is 2.32. The molecule has 4 rings (SSSR count). The summed E-state index contributed by atoms with van der Waals surface area (Å²) in [4.78, 5) is 2.08. The molecule has 2 aromatic carbocycles. The van der Waals surface area contributed by atoms with Gasteiger partial charge in [-0.25, -0.2) is 0 Å². The fourth-order valence-corrected chi connectivity index (χ4v) is 3.40. The third kappa shape index (κ3) is 4.26. The summed E-state index contributed by atoms with van der Waals surface area (Å²) < 4.78 is 11.1. The molecule has 1 N–H and O–H groups in total. The van der Waals surface area contributed by atoms with E-state index in [9.17, 15) is 0 Å². The number of benzene rings is 2. The maximum atomic E-state index is 6.22. The summed E-state index contributed by atoms with van der Waals surface area (Å²) in [5.41, 5.74) is 1.59. The van der Waals surface area contributed by atoms with Crippen molar-refractivity contribution in [3.05, 3.63) is 59.4 Å². The van der Waals surface area contributed by atoms with Crippen LogP contribution in [0.15, 0.2) is 52.9 Å². The summed E-state index contributed by atoms with van der Waals surface area (Å²) in [6.45, 7) is 0.442.